The molecule has 5 heteroatoms. The molecule has 0 aliphatic heterocycles. The number of para-hydroxylation sites is 1. The van der Waals surface area contributed by atoms with Gasteiger partial charge in [-0.3, -0.25) is 4.79 Å². The lowest BCUT2D eigenvalue weighted by molar-refractivity contribution is 0.0906. The number of aliphatic hydroxyl groups excluding tert-OH is 1. The second kappa shape index (κ2) is 6.61. The van der Waals surface area contributed by atoms with Crippen molar-refractivity contribution in [2.75, 3.05) is 13.2 Å². The summed E-state index contributed by atoms with van der Waals surface area (Å²) in [6.07, 6.45) is 4.24. The molecule has 2 atom stereocenters. The lowest BCUT2D eigenvalue weighted by Gasteiger charge is -2.30. The van der Waals surface area contributed by atoms with E-state index in [2.05, 4.69) is 5.32 Å². The van der Waals surface area contributed by atoms with Gasteiger partial charge in [-0.05, 0) is 36.8 Å². The average molecular weight is 279 g/mol. The number of phenolic OH excluding ortho intramolecular Hbond substituents is 2. The third-order valence-electron chi connectivity index (χ3n) is 4.09. The Hall–Kier alpha value is -1.75. The predicted octanol–water partition coefficient (Wildman–Crippen LogP) is 1.63. The SMILES string of the molecule is O=C(NCC1CCCCC1CO)c1cccc(O)c1O. The summed E-state index contributed by atoms with van der Waals surface area (Å²) in [6.45, 7) is 0.636. The standard InChI is InChI=1S/C15H21NO4/c17-9-11-5-2-1-4-10(11)8-16-15(20)12-6-3-7-13(18)14(12)19/h3,6-7,10-11,17-19H,1-2,4-5,8-9H2,(H,16,20). The summed E-state index contributed by atoms with van der Waals surface area (Å²) >= 11 is 0. The van der Waals surface area contributed by atoms with Gasteiger partial charge in [-0.1, -0.05) is 18.9 Å². The first kappa shape index (κ1) is 14.7. The molecule has 20 heavy (non-hydrogen) atoms. The summed E-state index contributed by atoms with van der Waals surface area (Å²) in [7, 11) is 0. The summed E-state index contributed by atoms with van der Waals surface area (Å²) < 4.78 is 0. The second-order valence-electron chi connectivity index (χ2n) is 5.37. The van der Waals surface area contributed by atoms with Crippen molar-refractivity contribution in [2.45, 2.75) is 25.7 Å². The molecule has 0 bridgehead atoms. The second-order valence-corrected chi connectivity index (χ2v) is 5.37. The number of hydrogen-bond donors (Lipinski definition) is 4. The number of carbonyl (C=O) groups is 1. The highest BCUT2D eigenvalue weighted by atomic mass is 16.3. The van der Waals surface area contributed by atoms with Gasteiger partial charge in [0.25, 0.3) is 5.91 Å². The topological polar surface area (TPSA) is 89.8 Å². The van der Waals surface area contributed by atoms with Crippen LogP contribution in [-0.4, -0.2) is 34.4 Å². The molecule has 2 unspecified atom stereocenters. The summed E-state index contributed by atoms with van der Waals surface area (Å²) in [5, 5.41) is 31.2. The van der Waals surface area contributed by atoms with Crippen LogP contribution in [0.15, 0.2) is 18.2 Å². The number of nitrogens with one attached hydrogen (secondary N) is 1. The molecule has 0 heterocycles. The minimum atomic E-state index is -0.402. The number of aromatic hydroxyl groups is 2. The number of aliphatic hydroxyl groups is 1. The van der Waals surface area contributed by atoms with E-state index in [1.165, 1.54) is 18.2 Å². The Labute approximate surface area is 118 Å². The van der Waals surface area contributed by atoms with Crippen molar-refractivity contribution < 1.29 is 20.1 Å². The van der Waals surface area contributed by atoms with Crippen LogP contribution in [0.3, 0.4) is 0 Å². The fourth-order valence-electron chi connectivity index (χ4n) is 2.83. The van der Waals surface area contributed by atoms with Gasteiger partial charge in [-0.15, -0.1) is 0 Å². The van der Waals surface area contributed by atoms with Crippen LogP contribution in [0.25, 0.3) is 0 Å². The van der Waals surface area contributed by atoms with Crippen LogP contribution in [-0.2, 0) is 0 Å². The highest BCUT2D eigenvalue weighted by Crippen LogP contribution is 2.30. The predicted molar refractivity (Wildman–Crippen MR) is 74.6 cm³/mol. The van der Waals surface area contributed by atoms with E-state index in [0.29, 0.717) is 6.54 Å². The fourth-order valence-corrected chi connectivity index (χ4v) is 2.83. The smallest absolute Gasteiger partial charge is 0.255 e. The highest BCUT2D eigenvalue weighted by molar-refractivity contribution is 5.97. The van der Waals surface area contributed by atoms with Crippen molar-refractivity contribution in [2.24, 2.45) is 11.8 Å². The normalized spacial score (nSPS) is 22.4. The van der Waals surface area contributed by atoms with E-state index < -0.39 is 11.7 Å². The van der Waals surface area contributed by atoms with Gasteiger partial charge < -0.3 is 20.6 Å². The maximum atomic E-state index is 12.0. The van der Waals surface area contributed by atoms with Gasteiger partial charge in [0.2, 0.25) is 0 Å². The Balaban J connectivity index is 1.96. The van der Waals surface area contributed by atoms with Gasteiger partial charge >= 0.3 is 0 Å². The van der Waals surface area contributed by atoms with Gasteiger partial charge in [0.1, 0.15) is 0 Å². The molecule has 0 spiro atoms. The van der Waals surface area contributed by atoms with Crippen LogP contribution in [0.4, 0.5) is 0 Å². The van der Waals surface area contributed by atoms with Crippen LogP contribution >= 0.6 is 0 Å². The fraction of sp³-hybridized carbons (Fsp3) is 0.533. The Kier molecular flexibility index (Phi) is 4.84. The molecule has 1 aromatic carbocycles. The van der Waals surface area contributed by atoms with Crippen molar-refractivity contribution in [3.8, 4) is 11.5 Å². The molecular weight excluding hydrogens is 258 g/mol. The van der Waals surface area contributed by atoms with Gasteiger partial charge in [0.05, 0.1) is 5.56 Å². The largest absolute Gasteiger partial charge is 0.504 e. The molecule has 1 aliphatic rings. The number of benzene rings is 1. The molecule has 110 valence electrons. The van der Waals surface area contributed by atoms with E-state index in [0.717, 1.165) is 25.7 Å². The van der Waals surface area contributed by atoms with Crippen LogP contribution in [0.5, 0.6) is 11.5 Å². The zero-order chi connectivity index (χ0) is 14.5. The molecule has 1 fully saturated rings. The zero-order valence-corrected chi connectivity index (χ0v) is 11.4. The minimum Gasteiger partial charge on any atom is -0.504 e. The third kappa shape index (κ3) is 3.22. The van der Waals surface area contributed by atoms with Crippen LogP contribution < -0.4 is 5.32 Å². The van der Waals surface area contributed by atoms with E-state index in [9.17, 15) is 20.1 Å². The number of amides is 1. The van der Waals surface area contributed by atoms with Gasteiger partial charge in [-0.2, -0.15) is 0 Å². The molecule has 1 saturated carbocycles. The van der Waals surface area contributed by atoms with E-state index in [1.807, 2.05) is 0 Å². The number of hydrogen-bond acceptors (Lipinski definition) is 4. The van der Waals surface area contributed by atoms with Crippen molar-refractivity contribution in [3.63, 3.8) is 0 Å². The maximum absolute atomic E-state index is 12.0. The van der Waals surface area contributed by atoms with E-state index in [4.69, 9.17) is 0 Å². The third-order valence-corrected chi connectivity index (χ3v) is 4.09. The Morgan fingerprint density at radius 1 is 1.20 bits per heavy atom. The van der Waals surface area contributed by atoms with Crippen molar-refractivity contribution >= 4 is 5.91 Å². The van der Waals surface area contributed by atoms with E-state index in [1.54, 1.807) is 0 Å². The van der Waals surface area contributed by atoms with Gasteiger partial charge in [-0.25, -0.2) is 0 Å². The molecule has 4 N–H and O–H groups in total. The summed E-state index contributed by atoms with van der Waals surface area (Å²) in [5.41, 5.74) is 0.0707. The molecule has 5 nitrogen and oxygen atoms in total. The maximum Gasteiger partial charge on any atom is 0.255 e. The molecule has 0 saturated heterocycles. The lowest BCUT2D eigenvalue weighted by atomic mass is 9.79. The lowest BCUT2D eigenvalue weighted by Crippen LogP contribution is -2.35. The van der Waals surface area contributed by atoms with Crippen LogP contribution in [0.1, 0.15) is 36.0 Å². The first-order chi connectivity index (χ1) is 9.63. The van der Waals surface area contributed by atoms with Gasteiger partial charge in [0, 0.05) is 13.2 Å². The molecule has 1 aromatic rings. The first-order valence-electron chi connectivity index (χ1n) is 7.03. The Morgan fingerprint density at radius 2 is 1.90 bits per heavy atom. The first-order valence-corrected chi connectivity index (χ1v) is 7.03. The molecule has 2 rings (SSSR count). The van der Waals surface area contributed by atoms with Crippen molar-refractivity contribution in [3.05, 3.63) is 23.8 Å². The quantitative estimate of drug-likeness (QED) is 0.631. The molecule has 1 aliphatic carbocycles. The summed E-state index contributed by atoms with van der Waals surface area (Å²) in [4.78, 5) is 12.0. The van der Waals surface area contributed by atoms with E-state index in [-0.39, 0.29) is 29.8 Å². The van der Waals surface area contributed by atoms with Crippen LogP contribution in [0, 0.1) is 11.8 Å². The van der Waals surface area contributed by atoms with Crippen molar-refractivity contribution in [1.29, 1.82) is 0 Å². The Morgan fingerprint density at radius 3 is 2.60 bits per heavy atom. The summed E-state index contributed by atoms with van der Waals surface area (Å²) in [6, 6.07) is 4.31. The monoisotopic (exact) mass is 279 g/mol. The number of carbonyl (C=O) groups excluding carboxylic acids is 1. The Bertz CT molecular complexity index is 475. The average Bonchev–Trinajstić information content (AvgIpc) is 2.48. The molecule has 0 aromatic heterocycles. The van der Waals surface area contributed by atoms with Crippen molar-refractivity contribution in [1.82, 2.24) is 5.32 Å². The van der Waals surface area contributed by atoms with Crippen LogP contribution in [0.2, 0.25) is 0 Å². The zero-order valence-electron chi connectivity index (χ0n) is 11.4. The summed E-state index contributed by atoms with van der Waals surface area (Å²) in [5.74, 6) is -0.587. The molecular formula is C15H21NO4. The highest BCUT2D eigenvalue weighted by Gasteiger charge is 2.25. The minimum absolute atomic E-state index is 0.0707. The van der Waals surface area contributed by atoms with Gasteiger partial charge in [0.15, 0.2) is 11.5 Å². The van der Waals surface area contributed by atoms with E-state index >= 15 is 0 Å². The molecule has 1 amide bonds. The number of phenols is 2. The molecule has 0 radical (unpaired) electrons. The number of rotatable bonds is 4.